The molecule has 2 unspecified atom stereocenters. The van der Waals surface area contributed by atoms with Crippen LogP contribution in [0.15, 0.2) is 0 Å². The van der Waals surface area contributed by atoms with Crippen molar-refractivity contribution >= 4 is 11.9 Å². The summed E-state index contributed by atoms with van der Waals surface area (Å²) in [6, 6.07) is 0. The maximum atomic E-state index is 11.8. The van der Waals surface area contributed by atoms with E-state index in [0.717, 1.165) is 25.7 Å². The highest BCUT2D eigenvalue weighted by molar-refractivity contribution is 5.87. The lowest BCUT2D eigenvalue weighted by Gasteiger charge is -2.37. The molecule has 0 spiro atoms. The van der Waals surface area contributed by atoms with Crippen molar-refractivity contribution in [1.29, 1.82) is 0 Å². The molecule has 96 valence electrons. The van der Waals surface area contributed by atoms with Crippen LogP contribution in [0.1, 0.15) is 51.9 Å². The number of carboxylic acid groups (broad SMARTS) is 1. The minimum absolute atomic E-state index is 0.0796. The Balaban J connectivity index is 1.99. The highest BCUT2D eigenvalue weighted by Gasteiger charge is 2.43. The van der Waals surface area contributed by atoms with Crippen molar-refractivity contribution in [3.05, 3.63) is 0 Å². The number of carbonyl (C=O) groups is 2. The first-order chi connectivity index (χ1) is 8.02. The zero-order chi connectivity index (χ0) is 12.5. The topological polar surface area (TPSA) is 66.4 Å². The molecule has 0 aromatic carbocycles. The van der Waals surface area contributed by atoms with Gasteiger partial charge in [-0.25, -0.2) is 4.79 Å². The van der Waals surface area contributed by atoms with Crippen molar-refractivity contribution in [2.45, 2.75) is 57.4 Å². The first kappa shape index (κ1) is 12.4. The van der Waals surface area contributed by atoms with Gasteiger partial charge < -0.3 is 10.4 Å². The molecular weight excluding hydrogens is 218 g/mol. The number of hydrogen-bond donors (Lipinski definition) is 2. The minimum Gasteiger partial charge on any atom is -0.480 e. The van der Waals surface area contributed by atoms with E-state index < -0.39 is 11.5 Å². The molecule has 0 heterocycles. The van der Waals surface area contributed by atoms with Crippen molar-refractivity contribution in [2.24, 2.45) is 11.8 Å². The third-order valence-corrected chi connectivity index (χ3v) is 3.96. The van der Waals surface area contributed by atoms with Gasteiger partial charge in [0.15, 0.2) is 0 Å². The van der Waals surface area contributed by atoms with Crippen molar-refractivity contribution in [1.82, 2.24) is 5.32 Å². The van der Waals surface area contributed by atoms with Crippen molar-refractivity contribution in [3.8, 4) is 0 Å². The highest BCUT2D eigenvalue weighted by Crippen LogP contribution is 2.35. The van der Waals surface area contributed by atoms with Crippen molar-refractivity contribution in [2.75, 3.05) is 0 Å². The van der Waals surface area contributed by atoms with Gasteiger partial charge in [0.25, 0.3) is 0 Å². The second kappa shape index (κ2) is 4.67. The third-order valence-electron chi connectivity index (χ3n) is 3.96. The summed E-state index contributed by atoms with van der Waals surface area (Å²) in [7, 11) is 0. The van der Waals surface area contributed by atoms with E-state index in [9.17, 15) is 14.7 Å². The SMILES string of the molecule is CC1CCCC(NC(=O)CC2CC2)(C(=O)O)C1. The van der Waals surface area contributed by atoms with Crippen LogP contribution in [-0.4, -0.2) is 22.5 Å². The van der Waals surface area contributed by atoms with Crippen LogP contribution in [0.4, 0.5) is 0 Å². The Morgan fingerprint density at radius 1 is 1.35 bits per heavy atom. The first-order valence-corrected chi connectivity index (χ1v) is 6.56. The molecule has 0 aromatic heterocycles. The van der Waals surface area contributed by atoms with E-state index in [-0.39, 0.29) is 5.91 Å². The van der Waals surface area contributed by atoms with Gasteiger partial charge in [0, 0.05) is 6.42 Å². The van der Waals surface area contributed by atoms with Gasteiger partial charge in [-0.15, -0.1) is 0 Å². The van der Waals surface area contributed by atoms with Gasteiger partial charge in [-0.2, -0.15) is 0 Å². The Morgan fingerprint density at radius 3 is 2.59 bits per heavy atom. The maximum absolute atomic E-state index is 11.8. The zero-order valence-corrected chi connectivity index (χ0v) is 10.4. The molecular formula is C13H21NO3. The average molecular weight is 239 g/mol. The molecule has 2 aliphatic rings. The lowest BCUT2D eigenvalue weighted by Crippen LogP contribution is -2.56. The number of carbonyl (C=O) groups excluding carboxylic acids is 1. The molecule has 0 radical (unpaired) electrons. The molecule has 2 saturated carbocycles. The fourth-order valence-corrected chi connectivity index (χ4v) is 2.81. The van der Waals surface area contributed by atoms with Crippen molar-refractivity contribution in [3.63, 3.8) is 0 Å². The first-order valence-electron chi connectivity index (χ1n) is 6.56. The molecule has 2 aliphatic carbocycles. The van der Waals surface area contributed by atoms with Gasteiger partial charge >= 0.3 is 5.97 Å². The lowest BCUT2D eigenvalue weighted by atomic mass is 9.76. The molecule has 4 heteroatoms. The Labute approximate surface area is 102 Å². The third kappa shape index (κ3) is 2.99. The molecule has 0 bridgehead atoms. The molecule has 4 nitrogen and oxygen atoms in total. The molecule has 2 rings (SSSR count). The zero-order valence-electron chi connectivity index (χ0n) is 10.4. The second-order valence-corrected chi connectivity index (χ2v) is 5.78. The molecule has 0 aliphatic heterocycles. The van der Waals surface area contributed by atoms with Crippen LogP contribution in [0.3, 0.4) is 0 Å². The van der Waals surface area contributed by atoms with Crippen molar-refractivity contribution < 1.29 is 14.7 Å². The van der Waals surface area contributed by atoms with E-state index in [4.69, 9.17) is 0 Å². The van der Waals surface area contributed by atoms with Gasteiger partial charge in [-0.1, -0.05) is 19.8 Å². The standard InChI is InChI=1S/C13H21NO3/c1-9-3-2-6-13(8-9,12(16)17)14-11(15)7-10-4-5-10/h9-10H,2-8H2,1H3,(H,14,15)(H,16,17). The number of aliphatic carboxylic acids is 1. The van der Waals surface area contributed by atoms with Crippen LogP contribution in [0.5, 0.6) is 0 Å². The maximum Gasteiger partial charge on any atom is 0.329 e. The van der Waals surface area contributed by atoms with E-state index >= 15 is 0 Å². The second-order valence-electron chi connectivity index (χ2n) is 5.78. The van der Waals surface area contributed by atoms with E-state index in [1.807, 2.05) is 0 Å². The van der Waals surface area contributed by atoms with E-state index in [1.165, 1.54) is 0 Å². The molecule has 2 fully saturated rings. The summed E-state index contributed by atoms with van der Waals surface area (Å²) in [4.78, 5) is 23.2. The van der Waals surface area contributed by atoms with Crippen LogP contribution in [0.25, 0.3) is 0 Å². The number of amides is 1. The number of hydrogen-bond acceptors (Lipinski definition) is 2. The molecule has 1 amide bonds. The molecule has 2 atom stereocenters. The van der Waals surface area contributed by atoms with Gasteiger partial charge in [0.05, 0.1) is 0 Å². The van der Waals surface area contributed by atoms with Gasteiger partial charge in [0.1, 0.15) is 5.54 Å². The van der Waals surface area contributed by atoms with E-state index in [0.29, 0.717) is 31.1 Å². The summed E-state index contributed by atoms with van der Waals surface area (Å²) in [5.74, 6) is -0.0693. The smallest absolute Gasteiger partial charge is 0.329 e. The number of rotatable bonds is 4. The van der Waals surface area contributed by atoms with Gasteiger partial charge in [-0.05, 0) is 37.5 Å². The molecule has 0 aromatic rings. The van der Waals surface area contributed by atoms with Gasteiger partial charge in [-0.3, -0.25) is 4.79 Å². The van der Waals surface area contributed by atoms with Crippen LogP contribution in [0.2, 0.25) is 0 Å². The summed E-state index contributed by atoms with van der Waals surface area (Å²) >= 11 is 0. The Kier molecular flexibility index (Phi) is 3.40. The fraction of sp³-hybridized carbons (Fsp3) is 0.846. The number of nitrogens with one attached hydrogen (secondary N) is 1. The van der Waals surface area contributed by atoms with Crippen LogP contribution >= 0.6 is 0 Å². The summed E-state index contributed by atoms with van der Waals surface area (Å²) in [6.45, 7) is 2.06. The van der Waals surface area contributed by atoms with Crippen LogP contribution in [0, 0.1) is 11.8 Å². The Hall–Kier alpha value is -1.06. The number of carboxylic acids is 1. The molecule has 17 heavy (non-hydrogen) atoms. The van der Waals surface area contributed by atoms with Crippen LogP contribution < -0.4 is 5.32 Å². The van der Waals surface area contributed by atoms with Gasteiger partial charge in [0.2, 0.25) is 5.91 Å². The Morgan fingerprint density at radius 2 is 2.06 bits per heavy atom. The summed E-state index contributed by atoms with van der Waals surface area (Å²) < 4.78 is 0. The quantitative estimate of drug-likeness (QED) is 0.787. The fourth-order valence-electron chi connectivity index (χ4n) is 2.81. The highest BCUT2D eigenvalue weighted by atomic mass is 16.4. The monoisotopic (exact) mass is 239 g/mol. The van der Waals surface area contributed by atoms with Crippen LogP contribution in [-0.2, 0) is 9.59 Å². The molecule has 2 N–H and O–H groups in total. The summed E-state index contributed by atoms with van der Waals surface area (Å²) in [6.07, 6.45) is 5.82. The largest absolute Gasteiger partial charge is 0.480 e. The minimum atomic E-state index is -0.996. The Bertz CT molecular complexity index is 325. The lowest BCUT2D eigenvalue weighted by molar-refractivity contribution is -0.150. The predicted molar refractivity (Wildman–Crippen MR) is 63.5 cm³/mol. The normalized spacial score (nSPS) is 33.1. The molecule has 0 saturated heterocycles. The average Bonchev–Trinajstić information content (AvgIpc) is 3.01. The van der Waals surface area contributed by atoms with E-state index in [1.54, 1.807) is 0 Å². The summed E-state index contributed by atoms with van der Waals surface area (Å²) in [5.41, 5.74) is -0.996. The van der Waals surface area contributed by atoms with E-state index in [2.05, 4.69) is 12.2 Å². The predicted octanol–water partition coefficient (Wildman–Crippen LogP) is 1.94. The summed E-state index contributed by atoms with van der Waals surface area (Å²) in [5, 5.41) is 12.2.